The Morgan fingerprint density at radius 2 is 1.79 bits per heavy atom. The normalized spacial score (nSPS) is 11.0. The van der Waals surface area contributed by atoms with Crippen LogP contribution in [0, 0.1) is 0 Å². The minimum absolute atomic E-state index is 0.0623. The van der Waals surface area contributed by atoms with Crippen LogP contribution in [-0.4, -0.2) is 30.3 Å². The first-order chi connectivity index (χ1) is 13.6. The number of benzene rings is 2. The van der Waals surface area contributed by atoms with Crippen molar-refractivity contribution in [2.24, 2.45) is 0 Å². The Hall–Kier alpha value is -3.12. The highest BCUT2D eigenvalue weighted by molar-refractivity contribution is 7.17. The van der Waals surface area contributed by atoms with Crippen molar-refractivity contribution in [3.8, 4) is 22.6 Å². The average molecular weight is 391 g/mol. The molecule has 0 N–H and O–H groups in total. The van der Waals surface area contributed by atoms with Crippen LogP contribution in [0.25, 0.3) is 27.0 Å². The first kappa shape index (κ1) is 18.3. The molecule has 2 aromatic carbocycles. The number of nitrogens with zero attached hydrogens (tertiary/aromatic N) is 3. The van der Waals surface area contributed by atoms with E-state index in [1.165, 1.54) is 11.3 Å². The first-order valence-electron chi connectivity index (χ1n) is 9.08. The highest BCUT2D eigenvalue weighted by Gasteiger charge is 2.14. The van der Waals surface area contributed by atoms with Gasteiger partial charge in [-0.15, -0.1) is 11.3 Å². The Kier molecular flexibility index (Phi) is 4.88. The molecule has 0 atom stereocenters. The second-order valence-corrected chi connectivity index (χ2v) is 7.48. The Morgan fingerprint density at radius 1 is 1.07 bits per heavy atom. The molecule has 28 heavy (non-hydrogen) atoms. The van der Waals surface area contributed by atoms with Gasteiger partial charge in [0.25, 0.3) is 5.56 Å². The van der Waals surface area contributed by atoms with E-state index in [-0.39, 0.29) is 5.56 Å². The number of thiophene rings is 1. The van der Waals surface area contributed by atoms with Gasteiger partial charge in [0.1, 0.15) is 16.9 Å². The Balaban J connectivity index is 1.80. The summed E-state index contributed by atoms with van der Waals surface area (Å²) in [6.07, 6.45) is 1.60. The van der Waals surface area contributed by atoms with Crippen molar-refractivity contribution in [1.29, 1.82) is 0 Å². The molecule has 0 bridgehead atoms. The summed E-state index contributed by atoms with van der Waals surface area (Å²) in [6.45, 7) is 2.58. The Bertz CT molecular complexity index is 1160. The van der Waals surface area contributed by atoms with Crippen molar-refractivity contribution < 1.29 is 4.74 Å². The molecule has 0 aliphatic heterocycles. The van der Waals surface area contributed by atoms with Crippen molar-refractivity contribution in [3.63, 3.8) is 0 Å². The molecule has 0 amide bonds. The van der Waals surface area contributed by atoms with E-state index >= 15 is 0 Å². The van der Waals surface area contributed by atoms with Crippen LogP contribution in [0.2, 0.25) is 0 Å². The number of ether oxygens (including phenoxy) is 1. The van der Waals surface area contributed by atoms with E-state index in [1.807, 2.05) is 79.8 Å². The van der Waals surface area contributed by atoms with Crippen molar-refractivity contribution >= 4 is 27.2 Å². The molecule has 0 fully saturated rings. The van der Waals surface area contributed by atoms with Gasteiger partial charge in [-0.25, -0.2) is 4.98 Å². The average Bonchev–Trinajstić information content (AvgIpc) is 3.14. The standard InChI is InChI=1S/C22H21N3O2S/c1-4-27-18-11-5-15(6-12-18)19-13-28-21-20(19)22(26)25(14-23-21)17-9-7-16(8-10-17)24(2)3/h5-14H,4H2,1-3H3. The van der Waals surface area contributed by atoms with Crippen LogP contribution in [0.1, 0.15) is 6.92 Å². The molecule has 0 aliphatic rings. The van der Waals surface area contributed by atoms with Crippen LogP contribution in [0.5, 0.6) is 5.75 Å². The summed E-state index contributed by atoms with van der Waals surface area (Å²) in [6, 6.07) is 15.7. The van der Waals surface area contributed by atoms with Gasteiger partial charge in [-0.2, -0.15) is 0 Å². The number of anilines is 1. The summed E-state index contributed by atoms with van der Waals surface area (Å²) in [4.78, 5) is 20.6. The van der Waals surface area contributed by atoms with Crippen molar-refractivity contribution in [2.75, 3.05) is 25.6 Å². The molecular weight excluding hydrogens is 370 g/mol. The zero-order valence-electron chi connectivity index (χ0n) is 16.0. The van der Waals surface area contributed by atoms with Crippen LogP contribution in [0.15, 0.2) is 65.0 Å². The molecule has 0 aliphatic carbocycles. The molecule has 0 saturated heterocycles. The van der Waals surface area contributed by atoms with Gasteiger partial charge in [0.05, 0.1) is 17.7 Å². The van der Waals surface area contributed by atoms with Gasteiger partial charge < -0.3 is 9.64 Å². The summed E-state index contributed by atoms with van der Waals surface area (Å²) >= 11 is 1.49. The lowest BCUT2D eigenvalue weighted by Crippen LogP contribution is -2.18. The summed E-state index contributed by atoms with van der Waals surface area (Å²) in [5.74, 6) is 0.822. The largest absolute Gasteiger partial charge is 0.494 e. The molecule has 0 saturated carbocycles. The summed E-state index contributed by atoms with van der Waals surface area (Å²) in [5.41, 5.74) is 3.70. The predicted octanol–water partition coefficient (Wildman–Crippen LogP) is 4.58. The Morgan fingerprint density at radius 3 is 2.43 bits per heavy atom. The van der Waals surface area contributed by atoms with Gasteiger partial charge in [-0.05, 0) is 48.9 Å². The van der Waals surface area contributed by atoms with E-state index in [4.69, 9.17) is 4.74 Å². The van der Waals surface area contributed by atoms with E-state index < -0.39 is 0 Å². The number of hydrogen-bond acceptors (Lipinski definition) is 5. The third-order valence-electron chi connectivity index (χ3n) is 4.62. The molecule has 0 unspecified atom stereocenters. The van der Waals surface area contributed by atoms with Gasteiger partial charge in [-0.1, -0.05) is 12.1 Å². The highest BCUT2D eigenvalue weighted by atomic mass is 32.1. The first-order valence-corrected chi connectivity index (χ1v) is 9.96. The number of hydrogen-bond donors (Lipinski definition) is 0. The zero-order valence-corrected chi connectivity index (χ0v) is 16.9. The van der Waals surface area contributed by atoms with Gasteiger partial charge in [0.15, 0.2) is 0 Å². The van der Waals surface area contributed by atoms with E-state index in [0.29, 0.717) is 12.0 Å². The molecule has 0 radical (unpaired) electrons. The number of rotatable bonds is 5. The van der Waals surface area contributed by atoms with Crippen LogP contribution in [-0.2, 0) is 0 Å². The van der Waals surface area contributed by atoms with Crippen LogP contribution in [0.4, 0.5) is 5.69 Å². The maximum Gasteiger partial charge on any atom is 0.267 e. The smallest absolute Gasteiger partial charge is 0.267 e. The SMILES string of the molecule is CCOc1ccc(-c2csc3ncn(-c4ccc(N(C)C)cc4)c(=O)c23)cc1. The fourth-order valence-corrected chi connectivity index (χ4v) is 4.04. The van der Waals surface area contributed by atoms with Crippen molar-refractivity contribution in [2.45, 2.75) is 6.92 Å². The van der Waals surface area contributed by atoms with Gasteiger partial charge in [-0.3, -0.25) is 9.36 Å². The second kappa shape index (κ2) is 7.48. The van der Waals surface area contributed by atoms with Crippen molar-refractivity contribution in [1.82, 2.24) is 9.55 Å². The fraction of sp³-hybridized carbons (Fsp3) is 0.182. The maximum atomic E-state index is 13.3. The molecule has 0 spiro atoms. The zero-order chi connectivity index (χ0) is 19.7. The van der Waals surface area contributed by atoms with Gasteiger partial charge in [0.2, 0.25) is 0 Å². The summed E-state index contributed by atoms with van der Waals surface area (Å²) < 4.78 is 7.12. The minimum Gasteiger partial charge on any atom is -0.494 e. The van der Waals surface area contributed by atoms with E-state index in [2.05, 4.69) is 4.98 Å². The molecular formula is C22H21N3O2S. The van der Waals surface area contributed by atoms with Crippen LogP contribution >= 0.6 is 11.3 Å². The van der Waals surface area contributed by atoms with Crippen LogP contribution in [0.3, 0.4) is 0 Å². The summed E-state index contributed by atoms with van der Waals surface area (Å²) in [5, 5.41) is 2.64. The molecule has 4 rings (SSSR count). The maximum absolute atomic E-state index is 13.3. The molecule has 2 heterocycles. The lowest BCUT2D eigenvalue weighted by molar-refractivity contribution is 0.340. The van der Waals surface area contributed by atoms with E-state index in [1.54, 1.807) is 10.9 Å². The Labute approximate surface area is 167 Å². The number of aromatic nitrogens is 2. The summed E-state index contributed by atoms with van der Waals surface area (Å²) in [7, 11) is 3.98. The van der Waals surface area contributed by atoms with Gasteiger partial charge >= 0.3 is 0 Å². The van der Waals surface area contributed by atoms with Crippen molar-refractivity contribution in [3.05, 3.63) is 70.6 Å². The molecule has 6 heteroatoms. The third-order valence-corrected chi connectivity index (χ3v) is 5.50. The van der Waals surface area contributed by atoms with Crippen LogP contribution < -0.4 is 15.2 Å². The lowest BCUT2D eigenvalue weighted by atomic mass is 10.1. The van der Waals surface area contributed by atoms with E-state index in [9.17, 15) is 4.79 Å². The predicted molar refractivity (Wildman–Crippen MR) is 116 cm³/mol. The second-order valence-electron chi connectivity index (χ2n) is 6.62. The van der Waals surface area contributed by atoms with Gasteiger partial charge in [0, 0.05) is 30.7 Å². The van der Waals surface area contributed by atoms with E-state index in [0.717, 1.165) is 33.1 Å². The molecule has 4 aromatic rings. The molecule has 142 valence electrons. The monoisotopic (exact) mass is 391 g/mol. The fourth-order valence-electron chi connectivity index (χ4n) is 3.14. The lowest BCUT2D eigenvalue weighted by Gasteiger charge is -2.13. The molecule has 5 nitrogen and oxygen atoms in total. The number of fused-ring (bicyclic) bond motifs is 1. The quantitative estimate of drug-likeness (QED) is 0.500. The highest BCUT2D eigenvalue weighted by Crippen LogP contribution is 2.32. The third kappa shape index (κ3) is 3.27. The topological polar surface area (TPSA) is 47.4 Å². The molecule has 2 aromatic heterocycles. The minimum atomic E-state index is -0.0623.